The van der Waals surface area contributed by atoms with E-state index in [-0.39, 0.29) is 11.8 Å². The van der Waals surface area contributed by atoms with Gasteiger partial charge in [-0.25, -0.2) is 0 Å². The minimum Gasteiger partial charge on any atom is -0.352 e. The van der Waals surface area contributed by atoms with Gasteiger partial charge in [-0.1, -0.05) is 11.6 Å². The second kappa shape index (κ2) is 4.26. The van der Waals surface area contributed by atoms with Crippen molar-refractivity contribution in [3.05, 3.63) is 11.6 Å². The predicted molar refractivity (Wildman–Crippen MR) is 48.8 cm³/mol. The average molecular weight is 168 g/mol. The molecule has 0 radical (unpaired) electrons. The van der Waals surface area contributed by atoms with Crippen LogP contribution in [-0.2, 0) is 4.79 Å². The summed E-state index contributed by atoms with van der Waals surface area (Å²) in [5, 5.41) is 5.93. The summed E-state index contributed by atoms with van der Waals surface area (Å²) < 4.78 is 0. The monoisotopic (exact) mass is 168 g/mol. The van der Waals surface area contributed by atoms with E-state index >= 15 is 0 Å². The Morgan fingerprint density at radius 1 is 1.58 bits per heavy atom. The molecule has 0 saturated carbocycles. The van der Waals surface area contributed by atoms with Gasteiger partial charge in [0.1, 0.15) is 0 Å². The molecule has 0 aromatic rings. The molecule has 12 heavy (non-hydrogen) atoms. The van der Waals surface area contributed by atoms with Crippen LogP contribution in [0.25, 0.3) is 0 Å². The van der Waals surface area contributed by atoms with Crippen LogP contribution in [0, 0.1) is 5.92 Å². The Labute approximate surface area is 73.2 Å². The standard InChI is InChI=1S/C9H16N2O/c1-7(2)3-4-11-9(12)8-5-10-6-8/h3,8,10H,4-6H2,1-2H3,(H,11,12). The number of rotatable bonds is 3. The van der Waals surface area contributed by atoms with Gasteiger partial charge in [0.15, 0.2) is 0 Å². The molecule has 3 nitrogen and oxygen atoms in total. The zero-order valence-electron chi connectivity index (χ0n) is 7.68. The molecule has 0 atom stereocenters. The van der Waals surface area contributed by atoms with Crippen LogP contribution in [0.4, 0.5) is 0 Å². The Bertz CT molecular complexity index is 191. The van der Waals surface area contributed by atoms with Gasteiger partial charge in [-0.05, 0) is 13.8 Å². The molecule has 1 aliphatic heterocycles. The van der Waals surface area contributed by atoms with E-state index in [4.69, 9.17) is 0 Å². The van der Waals surface area contributed by atoms with Gasteiger partial charge in [-0.15, -0.1) is 0 Å². The van der Waals surface area contributed by atoms with Crippen LogP contribution in [0.3, 0.4) is 0 Å². The summed E-state index contributed by atoms with van der Waals surface area (Å²) in [5.41, 5.74) is 1.24. The Kier molecular flexibility index (Phi) is 3.29. The number of hydrogen-bond acceptors (Lipinski definition) is 2. The topological polar surface area (TPSA) is 41.1 Å². The maximum atomic E-state index is 11.2. The van der Waals surface area contributed by atoms with Gasteiger partial charge in [0, 0.05) is 19.6 Å². The fourth-order valence-corrected chi connectivity index (χ4v) is 0.974. The molecule has 0 unspecified atom stereocenters. The Hall–Kier alpha value is -0.830. The number of carbonyl (C=O) groups is 1. The number of amides is 1. The molecule has 1 aliphatic rings. The summed E-state index contributed by atoms with van der Waals surface area (Å²) in [6.07, 6.45) is 2.02. The summed E-state index contributed by atoms with van der Waals surface area (Å²) in [5.74, 6) is 0.377. The second-order valence-electron chi connectivity index (χ2n) is 3.38. The van der Waals surface area contributed by atoms with Crippen molar-refractivity contribution in [2.75, 3.05) is 19.6 Å². The first-order valence-electron chi connectivity index (χ1n) is 4.32. The van der Waals surface area contributed by atoms with E-state index in [1.165, 1.54) is 5.57 Å². The lowest BCUT2D eigenvalue weighted by molar-refractivity contribution is -0.126. The van der Waals surface area contributed by atoms with Crippen LogP contribution in [0.2, 0.25) is 0 Å². The lowest BCUT2D eigenvalue weighted by atomic mass is 10.0. The molecule has 0 spiro atoms. The quantitative estimate of drug-likeness (QED) is 0.595. The van der Waals surface area contributed by atoms with E-state index < -0.39 is 0 Å². The van der Waals surface area contributed by atoms with Crippen LogP contribution >= 0.6 is 0 Å². The van der Waals surface area contributed by atoms with Crippen LogP contribution in [0.1, 0.15) is 13.8 Å². The predicted octanol–water partition coefficient (Wildman–Crippen LogP) is 0.288. The number of hydrogen-bond donors (Lipinski definition) is 2. The van der Waals surface area contributed by atoms with Gasteiger partial charge >= 0.3 is 0 Å². The summed E-state index contributed by atoms with van der Waals surface area (Å²) >= 11 is 0. The highest BCUT2D eigenvalue weighted by Crippen LogP contribution is 2.01. The van der Waals surface area contributed by atoms with Crippen molar-refractivity contribution in [1.82, 2.24) is 10.6 Å². The smallest absolute Gasteiger partial charge is 0.225 e. The van der Waals surface area contributed by atoms with Crippen LogP contribution in [0.15, 0.2) is 11.6 Å². The molecular weight excluding hydrogens is 152 g/mol. The Morgan fingerprint density at radius 3 is 2.67 bits per heavy atom. The van der Waals surface area contributed by atoms with Gasteiger partial charge in [0.25, 0.3) is 0 Å². The highest BCUT2D eigenvalue weighted by Gasteiger charge is 2.23. The van der Waals surface area contributed by atoms with Crippen molar-refractivity contribution in [3.8, 4) is 0 Å². The zero-order valence-corrected chi connectivity index (χ0v) is 7.68. The van der Waals surface area contributed by atoms with Crippen molar-refractivity contribution in [3.63, 3.8) is 0 Å². The highest BCUT2D eigenvalue weighted by molar-refractivity contribution is 5.80. The number of allylic oxidation sites excluding steroid dienone is 1. The molecule has 0 aliphatic carbocycles. The second-order valence-corrected chi connectivity index (χ2v) is 3.38. The summed E-state index contributed by atoms with van der Waals surface area (Å²) in [4.78, 5) is 11.2. The lowest BCUT2D eigenvalue weighted by Crippen LogP contribution is -2.50. The van der Waals surface area contributed by atoms with Crippen molar-refractivity contribution in [1.29, 1.82) is 0 Å². The maximum absolute atomic E-state index is 11.2. The fraction of sp³-hybridized carbons (Fsp3) is 0.667. The molecule has 0 aromatic carbocycles. The summed E-state index contributed by atoms with van der Waals surface area (Å²) in [6, 6.07) is 0. The highest BCUT2D eigenvalue weighted by atomic mass is 16.2. The summed E-state index contributed by atoms with van der Waals surface area (Å²) in [6.45, 7) is 6.38. The van der Waals surface area contributed by atoms with Crippen LogP contribution in [0.5, 0.6) is 0 Å². The largest absolute Gasteiger partial charge is 0.352 e. The molecule has 2 N–H and O–H groups in total. The Balaban J connectivity index is 2.14. The molecule has 68 valence electrons. The molecule has 1 heterocycles. The minimum atomic E-state index is 0.172. The average Bonchev–Trinajstić information content (AvgIpc) is 1.81. The number of carbonyl (C=O) groups excluding carboxylic acids is 1. The maximum Gasteiger partial charge on any atom is 0.225 e. The third-order valence-corrected chi connectivity index (χ3v) is 1.94. The molecule has 1 saturated heterocycles. The van der Waals surface area contributed by atoms with Crippen LogP contribution in [-0.4, -0.2) is 25.5 Å². The summed E-state index contributed by atoms with van der Waals surface area (Å²) in [7, 11) is 0. The van der Waals surface area contributed by atoms with E-state index in [9.17, 15) is 4.79 Å². The van der Waals surface area contributed by atoms with Gasteiger partial charge in [-0.2, -0.15) is 0 Å². The molecule has 0 aromatic heterocycles. The first-order chi connectivity index (χ1) is 5.70. The third-order valence-electron chi connectivity index (χ3n) is 1.94. The van der Waals surface area contributed by atoms with Gasteiger partial charge in [-0.3, -0.25) is 4.79 Å². The molecule has 3 heteroatoms. The lowest BCUT2D eigenvalue weighted by Gasteiger charge is -2.25. The van der Waals surface area contributed by atoms with E-state index in [1.54, 1.807) is 0 Å². The minimum absolute atomic E-state index is 0.172. The van der Waals surface area contributed by atoms with E-state index in [0.717, 1.165) is 13.1 Å². The zero-order chi connectivity index (χ0) is 8.97. The van der Waals surface area contributed by atoms with Gasteiger partial charge < -0.3 is 10.6 Å². The van der Waals surface area contributed by atoms with Crippen molar-refractivity contribution < 1.29 is 4.79 Å². The number of nitrogens with one attached hydrogen (secondary N) is 2. The fourth-order valence-electron chi connectivity index (χ4n) is 0.974. The first kappa shape index (κ1) is 9.26. The first-order valence-corrected chi connectivity index (χ1v) is 4.32. The van der Waals surface area contributed by atoms with E-state index in [1.807, 2.05) is 19.9 Å². The third kappa shape index (κ3) is 2.66. The van der Waals surface area contributed by atoms with Crippen LogP contribution < -0.4 is 10.6 Å². The molecule has 1 amide bonds. The molecule has 1 rings (SSSR count). The molecular formula is C9H16N2O. The van der Waals surface area contributed by atoms with E-state index in [0.29, 0.717) is 6.54 Å². The van der Waals surface area contributed by atoms with Crippen molar-refractivity contribution in [2.45, 2.75) is 13.8 Å². The van der Waals surface area contributed by atoms with Crippen molar-refractivity contribution in [2.24, 2.45) is 5.92 Å². The molecule has 0 bridgehead atoms. The normalized spacial score (nSPS) is 16.5. The SMILES string of the molecule is CC(C)=CCNC(=O)C1CNC1. The van der Waals surface area contributed by atoms with Gasteiger partial charge in [0.2, 0.25) is 5.91 Å². The van der Waals surface area contributed by atoms with Crippen molar-refractivity contribution >= 4 is 5.91 Å². The van der Waals surface area contributed by atoms with E-state index in [2.05, 4.69) is 10.6 Å². The molecule has 1 fully saturated rings. The van der Waals surface area contributed by atoms with Gasteiger partial charge in [0.05, 0.1) is 5.92 Å². The Morgan fingerprint density at radius 2 is 2.25 bits per heavy atom.